The van der Waals surface area contributed by atoms with Gasteiger partial charge in [0, 0.05) is 13.2 Å². The van der Waals surface area contributed by atoms with E-state index in [1.807, 2.05) is 44.2 Å². The predicted octanol–water partition coefficient (Wildman–Crippen LogP) is 2.24. The Morgan fingerprint density at radius 3 is 2.47 bits per heavy atom. The van der Waals surface area contributed by atoms with E-state index in [0.29, 0.717) is 6.54 Å². The molecule has 0 heterocycles. The third-order valence-corrected chi connectivity index (χ3v) is 4.29. The molecule has 3 heteroatoms. The van der Waals surface area contributed by atoms with Crippen molar-refractivity contribution >= 4 is 5.91 Å². The molecule has 1 aromatic carbocycles. The Kier molecular flexibility index (Phi) is 3.95. The summed E-state index contributed by atoms with van der Waals surface area (Å²) in [5.74, 6) is 0.0583. The highest BCUT2D eigenvalue weighted by Crippen LogP contribution is 2.48. The Morgan fingerprint density at radius 2 is 1.95 bits per heavy atom. The molecule has 3 nitrogen and oxygen atoms in total. The minimum Gasteiger partial charge on any atom is -0.396 e. The first-order valence-electron chi connectivity index (χ1n) is 6.95. The van der Waals surface area contributed by atoms with Gasteiger partial charge in [-0.15, -0.1) is 0 Å². The molecule has 0 radical (unpaired) electrons. The topological polar surface area (TPSA) is 49.3 Å². The molecule has 1 amide bonds. The number of hydrogen-bond acceptors (Lipinski definition) is 2. The van der Waals surface area contributed by atoms with Crippen molar-refractivity contribution in [2.75, 3.05) is 13.2 Å². The molecule has 0 saturated heterocycles. The molecular formula is C16H23NO2. The molecule has 0 aliphatic heterocycles. The van der Waals surface area contributed by atoms with Crippen molar-refractivity contribution in [1.82, 2.24) is 5.32 Å². The van der Waals surface area contributed by atoms with Gasteiger partial charge >= 0.3 is 0 Å². The van der Waals surface area contributed by atoms with Gasteiger partial charge < -0.3 is 10.4 Å². The monoisotopic (exact) mass is 261 g/mol. The lowest BCUT2D eigenvalue weighted by Crippen LogP contribution is -2.42. The highest BCUT2D eigenvalue weighted by atomic mass is 16.3. The minimum atomic E-state index is -0.517. The Labute approximate surface area is 115 Å². The van der Waals surface area contributed by atoms with Crippen LogP contribution in [0.1, 0.15) is 38.7 Å². The molecule has 104 valence electrons. The van der Waals surface area contributed by atoms with Gasteiger partial charge in [0.25, 0.3) is 0 Å². The fourth-order valence-electron chi connectivity index (χ4n) is 2.40. The van der Waals surface area contributed by atoms with Crippen LogP contribution < -0.4 is 5.32 Å². The van der Waals surface area contributed by atoms with Gasteiger partial charge in [-0.1, -0.05) is 30.3 Å². The molecule has 19 heavy (non-hydrogen) atoms. The fraction of sp³-hybridized carbons (Fsp3) is 0.562. The molecule has 1 aliphatic carbocycles. The fourth-order valence-corrected chi connectivity index (χ4v) is 2.40. The van der Waals surface area contributed by atoms with Crippen LogP contribution in [-0.4, -0.2) is 24.2 Å². The van der Waals surface area contributed by atoms with Gasteiger partial charge in [-0.25, -0.2) is 0 Å². The smallest absolute Gasteiger partial charge is 0.230 e. The first-order chi connectivity index (χ1) is 9.00. The molecule has 0 atom stereocenters. The van der Waals surface area contributed by atoms with Crippen molar-refractivity contribution in [2.45, 2.75) is 38.5 Å². The van der Waals surface area contributed by atoms with Crippen LogP contribution in [0.2, 0.25) is 0 Å². The maximum atomic E-state index is 12.4. The standard InChI is InChI=1S/C16H23NO2/c1-15(2,13-6-4-3-5-7-13)14(19)17-12-16(8-9-16)10-11-18/h3-7,18H,8-12H2,1-2H3,(H,17,19). The third kappa shape index (κ3) is 3.16. The Morgan fingerprint density at radius 1 is 1.32 bits per heavy atom. The Bertz CT molecular complexity index is 435. The molecule has 1 aliphatic rings. The van der Waals surface area contributed by atoms with Crippen molar-refractivity contribution in [3.63, 3.8) is 0 Å². The van der Waals surface area contributed by atoms with Crippen molar-refractivity contribution < 1.29 is 9.90 Å². The molecule has 1 saturated carbocycles. The highest BCUT2D eigenvalue weighted by Gasteiger charge is 2.42. The number of hydrogen-bond donors (Lipinski definition) is 2. The summed E-state index contributed by atoms with van der Waals surface area (Å²) in [4.78, 5) is 12.4. The van der Waals surface area contributed by atoms with Crippen molar-refractivity contribution in [2.24, 2.45) is 5.41 Å². The average molecular weight is 261 g/mol. The third-order valence-electron chi connectivity index (χ3n) is 4.29. The van der Waals surface area contributed by atoms with Crippen LogP contribution >= 0.6 is 0 Å². The zero-order valence-electron chi connectivity index (χ0n) is 11.8. The molecule has 0 unspecified atom stereocenters. The van der Waals surface area contributed by atoms with Crippen LogP contribution in [0.5, 0.6) is 0 Å². The van der Waals surface area contributed by atoms with E-state index >= 15 is 0 Å². The highest BCUT2D eigenvalue weighted by molar-refractivity contribution is 5.87. The van der Waals surface area contributed by atoms with E-state index < -0.39 is 5.41 Å². The molecular weight excluding hydrogens is 238 g/mol. The maximum absolute atomic E-state index is 12.4. The van der Waals surface area contributed by atoms with Gasteiger partial charge in [0.2, 0.25) is 5.91 Å². The average Bonchev–Trinajstić information content (AvgIpc) is 3.17. The number of aliphatic hydroxyl groups excluding tert-OH is 1. The summed E-state index contributed by atoms with van der Waals surface area (Å²) < 4.78 is 0. The van der Waals surface area contributed by atoms with Gasteiger partial charge in [0.05, 0.1) is 5.41 Å². The van der Waals surface area contributed by atoms with Crippen LogP contribution in [0.4, 0.5) is 0 Å². The van der Waals surface area contributed by atoms with E-state index in [4.69, 9.17) is 5.11 Å². The first-order valence-corrected chi connectivity index (χ1v) is 6.95. The summed E-state index contributed by atoms with van der Waals surface area (Å²) in [6.07, 6.45) is 3.01. The normalized spacial score (nSPS) is 17.0. The second kappa shape index (κ2) is 5.33. The van der Waals surface area contributed by atoms with Crippen molar-refractivity contribution in [3.05, 3.63) is 35.9 Å². The molecule has 1 aromatic rings. The largest absolute Gasteiger partial charge is 0.396 e. The number of benzene rings is 1. The second-order valence-corrected chi connectivity index (χ2v) is 6.15. The number of aliphatic hydroxyl groups is 1. The summed E-state index contributed by atoms with van der Waals surface area (Å²) in [7, 11) is 0. The van der Waals surface area contributed by atoms with Gasteiger partial charge in [0.1, 0.15) is 0 Å². The maximum Gasteiger partial charge on any atom is 0.230 e. The lowest BCUT2D eigenvalue weighted by atomic mass is 9.83. The summed E-state index contributed by atoms with van der Waals surface area (Å²) >= 11 is 0. The lowest BCUT2D eigenvalue weighted by Gasteiger charge is -2.25. The molecule has 0 aromatic heterocycles. The first kappa shape index (κ1) is 14.1. The van der Waals surface area contributed by atoms with Gasteiger partial charge in [-0.2, -0.15) is 0 Å². The number of rotatable bonds is 6. The minimum absolute atomic E-state index is 0.0583. The summed E-state index contributed by atoms with van der Waals surface area (Å²) in [6, 6.07) is 9.84. The number of nitrogens with one attached hydrogen (secondary N) is 1. The second-order valence-electron chi connectivity index (χ2n) is 6.15. The van der Waals surface area contributed by atoms with Crippen molar-refractivity contribution in [1.29, 1.82) is 0 Å². The molecule has 2 rings (SSSR count). The van der Waals surface area contributed by atoms with Crippen LogP contribution in [0, 0.1) is 5.41 Å². The van der Waals surface area contributed by atoms with Gasteiger partial charge in [0.15, 0.2) is 0 Å². The zero-order valence-corrected chi connectivity index (χ0v) is 11.8. The van der Waals surface area contributed by atoms with Crippen LogP contribution in [-0.2, 0) is 10.2 Å². The Balaban J connectivity index is 1.96. The van der Waals surface area contributed by atoms with Gasteiger partial charge in [-0.05, 0) is 44.1 Å². The molecule has 0 spiro atoms. The summed E-state index contributed by atoms with van der Waals surface area (Å²) in [5, 5.41) is 12.1. The van der Waals surface area contributed by atoms with E-state index in [2.05, 4.69) is 5.32 Å². The molecule has 0 bridgehead atoms. The number of amides is 1. The summed E-state index contributed by atoms with van der Waals surface area (Å²) in [6.45, 7) is 4.78. The van der Waals surface area contributed by atoms with E-state index in [0.717, 1.165) is 24.8 Å². The summed E-state index contributed by atoms with van der Waals surface area (Å²) in [5.41, 5.74) is 0.674. The van der Waals surface area contributed by atoms with Gasteiger partial charge in [-0.3, -0.25) is 4.79 Å². The van der Waals surface area contributed by atoms with Crippen LogP contribution in [0.25, 0.3) is 0 Å². The quantitative estimate of drug-likeness (QED) is 0.825. The number of carbonyl (C=O) groups excluding carboxylic acids is 1. The lowest BCUT2D eigenvalue weighted by molar-refractivity contribution is -0.126. The van der Waals surface area contributed by atoms with E-state index in [-0.39, 0.29) is 17.9 Å². The van der Waals surface area contributed by atoms with E-state index in [1.165, 1.54) is 0 Å². The van der Waals surface area contributed by atoms with Crippen LogP contribution in [0.3, 0.4) is 0 Å². The Hall–Kier alpha value is -1.35. The molecule has 1 fully saturated rings. The zero-order chi connectivity index (χ0) is 13.9. The van der Waals surface area contributed by atoms with E-state index in [1.54, 1.807) is 0 Å². The SMILES string of the molecule is CC(C)(C(=O)NCC1(CCO)CC1)c1ccccc1. The number of carbonyl (C=O) groups is 1. The van der Waals surface area contributed by atoms with Crippen LogP contribution in [0.15, 0.2) is 30.3 Å². The van der Waals surface area contributed by atoms with E-state index in [9.17, 15) is 4.79 Å². The van der Waals surface area contributed by atoms with Crippen molar-refractivity contribution in [3.8, 4) is 0 Å². The molecule has 2 N–H and O–H groups in total. The predicted molar refractivity (Wildman–Crippen MR) is 75.8 cm³/mol.